The molecule has 5 nitrogen and oxygen atoms in total. The number of hydrogen-bond acceptors (Lipinski definition) is 3. The summed E-state index contributed by atoms with van der Waals surface area (Å²) in [5.41, 5.74) is 1.15. The quantitative estimate of drug-likeness (QED) is 0.674. The van der Waals surface area contributed by atoms with Crippen molar-refractivity contribution < 1.29 is 9.53 Å². The molecule has 0 atom stereocenters. The van der Waals surface area contributed by atoms with E-state index < -0.39 is 0 Å². The Balaban J connectivity index is 1.60. The number of carbonyl (C=O) groups excluding carboxylic acids is 1. The molecule has 0 aliphatic rings. The average Bonchev–Trinajstić information content (AvgIpc) is 3.00. The fraction of sp³-hybridized carbons (Fsp3) is 0.0588. The summed E-state index contributed by atoms with van der Waals surface area (Å²) in [6.07, 6.45) is 3.26. The third kappa shape index (κ3) is 4.37. The predicted octanol–water partition coefficient (Wildman–Crippen LogP) is 4.59. The fourth-order valence-electron chi connectivity index (χ4n) is 2.03. The zero-order valence-electron chi connectivity index (χ0n) is 12.4. The number of hydrogen-bond donors (Lipinski definition) is 1. The molecule has 3 aromatic rings. The molecule has 24 heavy (non-hydrogen) atoms. The first-order valence-corrected chi connectivity index (χ1v) is 8.25. The highest BCUT2D eigenvalue weighted by molar-refractivity contribution is 9.10. The molecule has 0 aliphatic heterocycles. The van der Waals surface area contributed by atoms with E-state index in [2.05, 4.69) is 26.3 Å². The van der Waals surface area contributed by atoms with Gasteiger partial charge in [0.2, 0.25) is 0 Å². The standard InChI is InChI=1S/C17H13BrClN3O2/c18-13-4-1-3-12(7-13)17(23)21-15-9-20-22(10-15)11-24-16-6-2-5-14(19)8-16/h1-10H,11H2,(H,21,23). The summed E-state index contributed by atoms with van der Waals surface area (Å²) in [7, 11) is 0. The van der Waals surface area contributed by atoms with E-state index in [-0.39, 0.29) is 12.6 Å². The van der Waals surface area contributed by atoms with E-state index in [1.54, 1.807) is 47.4 Å². The number of rotatable bonds is 5. The minimum absolute atomic E-state index is 0.202. The maximum absolute atomic E-state index is 12.2. The summed E-state index contributed by atoms with van der Waals surface area (Å²) in [6, 6.07) is 14.3. The van der Waals surface area contributed by atoms with Crippen LogP contribution in [0.2, 0.25) is 5.02 Å². The summed E-state index contributed by atoms with van der Waals surface area (Å²) in [6.45, 7) is 0.215. The maximum atomic E-state index is 12.2. The van der Waals surface area contributed by atoms with Gasteiger partial charge in [-0.1, -0.05) is 39.7 Å². The molecular weight excluding hydrogens is 394 g/mol. The smallest absolute Gasteiger partial charge is 0.255 e. The molecule has 0 fully saturated rings. The van der Waals surface area contributed by atoms with Gasteiger partial charge in [0.25, 0.3) is 5.91 Å². The van der Waals surface area contributed by atoms with E-state index in [4.69, 9.17) is 16.3 Å². The maximum Gasteiger partial charge on any atom is 0.255 e. The Kier molecular flexibility index (Phi) is 5.17. The van der Waals surface area contributed by atoms with Gasteiger partial charge in [0.15, 0.2) is 6.73 Å². The van der Waals surface area contributed by atoms with Crippen LogP contribution in [0.5, 0.6) is 5.75 Å². The molecule has 1 aromatic heterocycles. The number of nitrogens with one attached hydrogen (secondary N) is 1. The third-order valence-electron chi connectivity index (χ3n) is 3.14. The summed E-state index contributed by atoms with van der Waals surface area (Å²) in [5, 5.41) is 7.55. The highest BCUT2D eigenvalue weighted by atomic mass is 79.9. The molecule has 0 bridgehead atoms. The van der Waals surface area contributed by atoms with Gasteiger partial charge < -0.3 is 10.1 Å². The van der Waals surface area contributed by atoms with Crippen molar-refractivity contribution in [1.82, 2.24) is 9.78 Å². The Morgan fingerprint density at radius 3 is 2.88 bits per heavy atom. The van der Waals surface area contributed by atoms with Crippen molar-refractivity contribution in [2.24, 2.45) is 0 Å². The van der Waals surface area contributed by atoms with Crippen molar-refractivity contribution in [3.63, 3.8) is 0 Å². The van der Waals surface area contributed by atoms with Gasteiger partial charge in [-0.25, -0.2) is 4.68 Å². The number of aromatic nitrogens is 2. The monoisotopic (exact) mass is 405 g/mol. The van der Waals surface area contributed by atoms with Crippen LogP contribution in [-0.4, -0.2) is 15.7 Å². The van der Waals surface area contributed by atoms with Crippen molar-refractivity contribution >= 4 is 39.1 Å². The second kappa shape index (κ2) is 7.51. The number of halogens is 2. The molecule has 0 aliphatic carbocycles. The van der Waals surface area contributed by atoms with Crippen molar-refractivity contribution in [2.75, 3.05) is 5.32 Å². The van der Waals surface area contributed by atoms with Crippen LogP contribution in [-0.2, 0) is 6.73 Å². The number of nitrogens with zero attached hydrogens (tertiary/aromatic N) is 2. The first-order chi connectivity index (χ1) is 11.6. The van der Waals surface area contributed by atoms with E-state index in [1.165, 1.54) is 0 Å². The van der Waals surface area contributed by atoms with Crippen molar-refractivity contribution in [1.29, 1.82) is 0 Å². The van der Waals surface area contributed by atoms with Gasteiger partial charge >= 0.3 is 0 Å². The third-order valence-corrected chi connectivity index (χ3v) is 3.87. The molecule has 1 heterocycles. The molecule has 122 valence electrons. The molecule has 3 rings (SSSR count). The molecule has 0 spiro atoms. The van der Waals surface area contributed by atoms with Gasteiger partial charge in [0.05, 0.1) is 18.1 Å². The van der Waals surface area contributed by atoms with Crippen LogP contribution in [0.25, 0.3) is 0 Å². The normalized spacial score (nSPS) is 10.4. The largest absolute Gasteiger partial charge is 0.471 e. The lowest BCUT2D eigenvalue weighted by Gasteiger charge is -2.06. The number of ether oxygens (including phenoxy) is 1. The molecule has 0 radical (unpaired) electrons. The summed E-state index contributed by atoms with van der Waals surface area (Å²) < 4.78 is 8.02. The highest BCUT2D eigenvalue weighted by Gasteiger charge is 2.08. The molecule has 2 aromatic carbocycles. The Morgan fingerprint density at radius 1 is 1.25 bits per heavy atom. The molecule has 0 saturated carbocycles. The van der Waals surface area contributed by atoms with Crippen LogP contribution in [0, 0.1) is 0 Å². The van der Waals surface area contributed by atoms with Crippen molar-refractivity contribution in [2.45, 2.75) is 6.73 Å². The molecule has 7 heteroatoms. The highest BCUT2D eigenvalue weighted by Crippen LogP contribution is 2.18. The number of carbonyl (C=O) groups is 1. The van der Waals surface area contributed by atoms with Gasteiger partial charge in [-0.15, -0.1) is 0 Å². The fourth-order valence-corrected chi connectivity index (χ4v) is 2.61. The van der Waals surface area contributed by atoms with Crippen LogP contribution in [0.4, 0.5) is 5.69 Å². The number of benzene rings is 2. The van der Waals surface area contributed by atoms with Gasteiger partial charge in [-0.05, 0) is 36.4 Å². The SMILES string of the molecule is O=C(Nc1cnn(COc2cccc(Cl)c2)c1)c1cccc(Br)c1. The van der Waals surface area contributed by atoms with Crippen LogP contribution >= 0.6 is 27.5 Å². The van der Waals surface area contributed by atoms with Crippen LogP contribution in [0.3, 0.4) is 0 Å². The lowest BCUT2D eigenvalue weighted by molar-refractivity contribution is 0.102. The molecule has 0 saturated heterocycles. The van der Waals surface area contributed by atoms with E-state index >= 15 is 0 Å². The first kappa shape index (κ1) is 16.5. The molecule has 1 N–H and O–H groups in total. The Labute approximate surface area is 152 Å². The topological polar surface area (TPSA) is 56.2 Å². The summed E-state index contributed by atoms with van der Waals surface area (Å²) in [4.78, 5) is 12.2. The second-order valence-corrected chi connectivity index (χ2v) is 6.32. The van der Waals surface area contributed by atoms with E-state index in [0.29, 0.717) is 22.0 Å². The van der Waals surface area contributed by atoms with Gasteiger partial charge in [0, 0.05) is 15.1 Å². The van der Waals surface area contributed by atoms with Crippen LogP contribution < -0.4 is 10.1 Å². The number of anilines is 1. The second-order valence-electron chi connectivity index (χ2n) is 4.96. The molecule has 0 unspecified atom stereocenters. The van der Waals surface area contributed by atoms with Crippen molar-refractivity contribution in [3.05, 3.63) is 76.0 Å². The van der Waals surface area contributed by atoms with Gasteiger partial charge in [-0.2, -0.15) is 5.10 Å². The van der Waals surface area contributed by atoms with E-state index in [0.717, 1.165) is 4.47 Å². The molecular formula is C17H13BrClN3O2. The zero-order chi connectivity index (χ0) is 16.9. The van der Waals surface area contributed by atoms with Crippen molar-refractivity contribution in [3.8, 4) is 5.75 Å². The lowest BCUT2D eigenvalue weighted by Crippen LogP contribution is -2.11. The Bertz CT molecular complexity index is 866. The first-order valence-electron chi connectivity index (χ1n) is 7.08. The molecule has 1 amide bonds. The Hall–Kier alpha value is -2.31. The average molecular weight is 407 g/mol. The van der Waals surface area contributed by atoms with E-state index in [1.807, 2.05) is 18.2 Å². The zero-order valence-corrected chi connectivity index (χ0v) is 14.8. The van der Waals surface area contributed by atoms with Gasteiger partial charge in [0.1, 0.15) is 5.75 Å². The van der Waals surface area contributed by atoms with Crippen LogP contribution in [0.15, 0.2) is 65.4 Å². The minimum Gasteiger partial charge on any atom is -0.471 e. The lowest BCUT2D eigenvalue weighted by atomic mass is 10.2. The Morgan fingerprint density at radius 2 is 2.08 bits per heavy atom. The van der Waals surface area contributed by atoms with Crippen LogP contribution in [0.1, 0.15) is 10.4 Å². The van der Waals surface area contributed by atoms with E-state index in [9.17, 15) is 4.79 Å². The van der Waals surface area contributed by atoms with Gasteiger partial charge in [-0.3, -0.25) is 4.79 Å². The predicted molar refractivity (Wildman–Crippen MR) is 96.4 cm³/mol. The minimum atomic E-state index is -0.202. The summed E-state index contributed by atoms with van der Waals surface area (Å²) in [5.74, 6) is 0.448. The number of amides is 1. The summed E-state index contributed by atoms with van der Waals surface area (Å²) >= 11 is 9.25.